The van der Waals surface area contributed by atoms with Crippen molar-refractivity contribution in [2.45, 2.75) is 39.2 Å². The van der Waals surface area contributed by atoms with Gasteiger partial charge in [-0.25, -0.2) is 4.98 Å². The first-order valence-corrected chi connectivity index (χ1v) is 11.7. The normalized spacial score (nSPS) is 18.7. The Balaban J connectivity index is 1.26. The second kappa shape index (κ2) is 9.37. The smallest absolute Gasteiger partial charge is 0.236 e. The van der Waals surface area contributed by atoms with E-state index in [1.807, 2.05) is 4.90 Å². The monoisotopic (exact) mass is 412 g/mol. The Morgan fingerprint density at radius 2 is 1.66 bits per heavy atom. The summed E-state index contributed by atoms with van der Waals surface area (Å²) in [6.07, 6.45) is 2.33. The molecule has 3 heterocycles. The number of carbonyl (C=O) groups is 1. The zero-order chi connectivity index (χ0) is 20.2. The number of benzene rings is 1. The Morgan fingerprint density at radius 3 is 2.31 bits per heavy atom. The van der Waals surface area contributed by atoms with Crippen LogP contribution in [0.25, 0.3) is 10.6 Å². The number of thiazole rings is 1. The third-order valence-corrected chi connectivity index (χ3v) is 6.98. The van der Waals surface area contributed by atoms with Crippen molar-refractivity contribution in [2.24, 2.45) is 0 Å². The molecule has 156 valence electrons. The number of aromatic nitrogens is 1. The van der Waals surface area contributed by atoms with E-state index in [9.17, 15) is 4.79 Å². The molecular weight excluding hydrogens is 380 g/mol. The number of rotatable bonds is 6. The summed E-state index contributed by atoms with van der Waals surface area (Å²) in [5.41, 5.74) is 3.72. The van der Waals surface area contributed by atoms with E-state index in [2.05, 4.69) is 53.3 Å². The van der Waals surface area contributed by atoms with E-state index in [0.29, 0.717) is 18.4 Å². The zero-order valence-electron chi connectivity index (χ0n) is 17.6. The average molecular weight is 413 g/mol. The minimum atomic E-state index is 0.309. The topological polar surface area (TPSA) is 39.7 Å². The van der Waals surface area contributed by atoms with E-state index < -0.39 is 0 Å². The second-order valence-corrected chi connectivity index (χ2v) is 9.42. The van der Waals surface area contributed by atoms with Crippen LogP contribution in [-0.4, -0.2) is 71.4 Å². The fourth-order valence-electron chi connectivity index (χ4n) is 4.12. The number of amides is 1. The molecule has 0 aliphatic carbocycles. The standard InChI is InChI=1S/C23H32N4OS/c1-18(2)19-5-7-20(8-6-19)23-24-21(17-29-23)15-25-11-13-26(14-12-25)16-22(28)27-9-3-4-10-27/h5-8,17-18H,3-4,9-16H2,1-2H3. The van der Waals surface area contributed by atoms with Crippen molar-refractivity contribution in [1.82, 2.24) is 19.7 Å². The van der Waals surface area contributed by atoms with Crippen molar-refractivity contribution in [3.63, 3.8) is 0 Å². The summed E-state index contributed by atoms with van der Waals surface area (Å²) < 4.78 is 0. The molecule has 1 aromatic carbocycles. The Bertz CT molecular complexity index is 803. The van der Waals surface area contributed by atoms with E-state index in [4.69, 9.17) is 4.98 Å². The van der Waals surface area contributed by atoms with E-state index >= 15 is 0 Å². The van der Waals surface area contributed by atoms with Gasteiger partial charge >= 0.3 is 0 Å². The van der Waals surface area contributed by atoms with E-state index in [1.165, 1.54) is 11.1 Å². The van der Waals surface area contributed by atoms with E-state index in [1.54, 1.807) is 11.3 Å². The van der Waals surface area contributed by atoms with Gasteiger partial charge in [-0.15, -0.1) is 11.3 Å². The van der Waals surface area contributed by atoms with Gasteiger partial charge in [0.25, 0.3) is 0 Å². The third-order valence-electron chi connectivity index (χ3n) is 6.04. The highest BCUT2D eigenvalue weighted by molar-refractivity contribution is 7.13. The van der Waals surface area contributed by atoms with Crippen LogP contribution in [0.3, 0.4) is 0 Å². The molecule has 1 amide bonds. The summed E-state index contributed by atoms with van der Waals surface area (Å²) in [6, 6.07) is 8.80. The van der Waals surface area contributed by atoms with Crippen LogP contribution in [-0.2, 0) is 11.3 Å². The molecule has 0 N–H and O–H groups in total. The maximum Gasteiger partial charge on any atom is 0.236 e. The number of carbonyl (C=O) groups excluding carboxylic acids is 1. The Kier molecular flexibility index (Phi) is 6.63. The molecule has 0 radical (unpaired) electrons. The molecule has 2 aliphatic rings. The summed E-state index contributed by atoms with van der Waals surface area (Å²) >= 11 is 1.73. The molecule has 0 spiro atoms. The van der Waals surface area contributed by atoms with Gasteiger partial charge in [-0.2, -0.15) is 0 Å². The van der Waals surface area contributed by atoms with Gasteiger partial charge in [0.1, 0.15) is 5.01 Å². The molecule has 1 aromatic heterocycles. The lowest BCUT2D eigenvalue weighted by Gasteiger charge is -2.34. The van der Waals surface area contributed by atoms with Gasteiger partial charge in [0, 0.05) is 56.8 Å². The van der Waals surface area contributed by atoms with Crippen molar-refractivity contribution in [1.29, 1.82) is 0 Å². The zero-order valence-corrected chi connectivity index (χ0v) is 18.5. The quantitative estimate of drug-likeness (QED) is 0.726. The average Bonchev–Trinajstić information content (AvgIpc) is 3.42. The van der Waals surface area contributed by atoms with Gasteiger partial charge in [-0.3, -0.25) is 14.6 Å². The van der Waals surface area contributed by atoms with Crippen LogP contribution >= 0.6 is 11.3 Å². The molecule has 2 aliphatic heterocycles. The molecule has 2 aromatic rings. The van der Waals surface area contributed by atoms with Crippen LogP contribution in [0.15, 0.2) is 29.6 Å². The first-order chi connectivity index (χ1) is 14.1. The van der Waals surface area contributed by atoms with Gasteiger partial charge in [0.15, 0.2) is 0 Å². The lowest BCUT2D eigenvalue weighted by Crippen LogP contribution is -2.49. The van der Waals surface area contributed by atoms with Crippen LogP contribution in [0.2, 0.25) is 0 Å². The summed E-state index contributed by atoms with van der Waals surface area (Å²) in [7, 11) is 0. The molecule has 0 unspecified atom stereocenters. The second-order valence-electron chi connectivity index (χ2n) is 8.56. The predicted molar refractivity (Wildman–Crippen MR) is 119 cm³/mol. The predicted octanol–water partition coefficient (Wildman–Crippen LogP) is 3.67. The van der Waals surface area contributed by atoms with Crippen molar-refractivity contribution >= 4 is 17.2 Å². The lowest BCUT2D eigenvalue weighted by atomic mass is 10.0. The summed E-state index contributed by atoms with van der Waals surface area (Å²) in [5.74, 6) is 0.865. The largest absolute Gasteiger partial charge is 0.342 e. The van der Waals surface area contributed by atoms with Crippen LogP contribution < -0.4 is 0 Å². The molecule has 4 rings (SSSR count). The molecule has 29 heavy (non-hydrogen) atoms. The minimum Gasteiger partial charge on any atom is -0.342 e. The highest BCUT2D eigenvalue weighted by atomic mass is 32.1. The first kappa shape index (κ1) is 20.5. The maximum absolute atomic E-state index is 12.3. The number of hydrogen-bond donors (Lipinski definition) is 0. The van der Waals surface area contributed by atoms with Crippen molar-refractivity contribution in [2.75, 3.05) is 45.8 Å². The fourth-order valence-corrected chi connectivity index (χ4v) is 4.93. The Labute approximate surface area is 178 Å². The molecule has 5 nitrogen and oxygen atoms in total. The molecule has 2 saturated heterocycles. The summed E-state index contributed by atoms with van der Waals surface area (Å²) in [5, 5.41) is 3.29. The highest BCUT2D eigenvalue weighted by Crippen LogP contribution is 2.26. The van der Waals surface area contributed by atoms with Gasteiger partial charge in [0.2, 0.25) is 5.91 Å². The number of hydrogen-bond acceptors (Lipinski definition) is 5. The fraction of sp³-hybridized carbons (Fsp3) is 0.565. The summed E-state index contributed by atoms with van der Waals surface area (Å²) in [4.78, 5) is 24.0. The number of piperazine rings is 1. The molecule has 0 atom stereocenters. The lowest BCUT2D eigenvalue weighted by molar-refractivity contribution is -0.131. The third kappa shape index (κ3) is 5.24. The van der Waals surface area contributed by atoms with Gasteiger partial charge in [-0.05, 0) is 24.3 Å². The van der Waals surface area contributed by atoms with Crippen LogP contribution in [0.1, 0.15) is 43.9 Å². The molecule has 0 saturated carbocycles. The van der Waals surface area contributed by atoms with Gasteiger partial charge in [0.05, 0.1) is 12.2 Å². The number of nitrogens with zero attached hydrogens (tertiary/aromatic N) is 4. The first-order valence-electron chi connectivity index (χ1n) is 10.9. The van der Waals surface area contributed by atoms with E-state index in [-0.39, 0.29) is 0 Å². The summed E-state index contributed by atoms with van der Waals surface area (Å²) in [6.45, 7) is 11.8. The minimum absolute atomic E-state index is 0.309. The van der Waals surface area contributed by atoms with E-state index in [0.717, 1.165) is 69.4 Å². The van der Waals surface area contributed by atoms with Crippen LogP contribution in [0.4, 0.5) is 0 Å². The molecular formula is C23H32N4OS. The van der Waals surface area contributed by atoms with Crippen molar-refractivity contribution < 1.29 is 4.79 Å². The number of likely N-dealkylation sites (tertiary alicyclic amines) is 1. The maximum atomic E-state index is 12.3. The molecule has 2 fully saturated rings. The van der Waals surface area contributed by atoms with Gasteiger partial charge < -0.3 is 4.90 Å². The Hall–Kier alpha value is -1.76. The van der Waals surface area contributed by atoms with Crippen molar-refractivity contribution in [3.8, 4) is 10.6 Å². The van der Waals surface area contributed by atoms with Crippen LogP contribution in [0, 0.1) is 0 Å². The highest BCUT2D eigenvalue weighted by Gasteiger charge is 2.23. The molecule has 6 heteroatoms. The van der Waals surface area contributed by atoms with Crippen LogP contribution in [0.5, 0.6) is 0 Å². The molecule has 0 bridgehead atoms. The SMILES string of the molecule is CC(C)c1ccc(-c2nc(CN3CCN(CC(=O)N4CCCC4)CC3)cs2)cc1. The Morgan fingerprint density at radius 1 is 1.00 bits per heavy atom. The van der Waals surface area contributed by atoms with Crippen molar-refractivity contribution in [3.05, 3.63) is 40.9 Å². The van der Waals surface area contributed by atoms with Gasteiger partial charge in [-0.1, -0.05) is 38.1 Å².